The lowest BCUT2D eigenvalue weighted by Crippen LogP contribution is -2.52. The first kappa shape index (κ1) is 24.3. The average Bonchev–Trinajstić information content (AvgIpc) is 3.33. The molecule has 2 aliphatic rings. The molecule has 1 N–H and O–H groups in total. The van der Waals surface area contributed by atoms with E-state index in [9.17, 15) is 0 Å². The van der Waals surface area contributed by atoms with Gasteiger partial charge in [-0.1, -0.05) is 24.3 Å². The van der Waals surface area contributed by atoms with E-state index in [-0.39, 0.29) is 24.0 Å². The zero-order valence-corrected chi connectivity index (χ0v) is 21.5. The van der Waals surface area contributed by atoms with Crippen LogP contribution in [-0.2, 0) is 17.8 Å². The van der Waals surface area contributed by atoms with Gasteiger partial charge in [-0.25, -0.2) is 4.99 Å². The van der Waals surface area contributed by atoms with Crippen molar-refractivity contribution in [3.8, 4) is 0 Å². The highest BCUT2D eigenvalue weighted by molar-refractivity contribution is 14.0. The van der Waals surface area contributed by atoms with Crippen molar-refractivity contribution in [3.05, 3.63) is 52.9 Å². The van der Waals surface area contributed by atoms with Crippen molar-refractivity contribution >= 4 is 46.3 Å². The highest BCUT2D eigenvalue weighted by Gasteiger charge is 2.20. The Bertz CT molecular complexity index is 802. The molecule has 6 nitrogen and oxygen atoms in total. The molecule has 1 aromatic heterocycles. The van der Waals surface area contributed by atoms with Crippen molar-refractivity contribution < 1.29 is 4.74 Å². The molecular formula is C23H34IN5OS. The number of aliphatic imine (C=N–C) groups is 1. The van der Waals surface area contributed by atoms with Crippen molar-refractivity contribution in [2.75, 3.05) is 63.9 Å². The number of halogens is 1. The molecule has 31 heavy (non-hydrogen) atoms. The van der Waals surface area contributed by atoms with Crippen molar-refractivity contribution in [2.45, 2.75) is 20.0 Å². The third-order valence-electron chi connectivity index (χ3n) is 5.64. The Labute approximate surface area is 207 Å². The number of hydrogen-bond acceptors (Lipinski definition) is 5. The molecule has 0 spiro atoms. The van der Waals surface area contributed by atoms with E-state index in [1.165, 1.54) is 16.1 Å². The van der Waals surface area contributed by atoms with Gasteiger partial charge in [-0.2, -0.15) is 0 Å². The number of hydrogen-bond donors (Lipinski definition) is 1. The fourth-order valence-electron chi connectivity index (χ4n) is 4.02. The van der Waals surface area contributed by atoms with E-state index in [4.69, 9.17) is 9.73 Å². The summed E-state index contributed by atoms with van der Waals surface area (Å²) >= 11 is 1.82. The number of nitrogens with one attached hydrogen (secondary N) is 1. The van der Waals surface area contributed by atoms with E-state index < -0.39 is 0 Å². The molecule has 0 atom stereocenters. The van der Waals surface area contributed by atoms with Crippen LogP contribution in [0.3, 0.4) is 0 Å². The lowest BCUT2D eigenvalue weighted by atomic mass is 10.1. The molecule has 3 heterocycles. The third-order valence-corrected chi connectivity index (χ3v) is 6.57. The largest absolute Gasteiger partial charge is 0.379 e. The average molecular weight is 556 g/mol. The van der Waals surface area contributed by atoms with Crippen LogP contribution in [0.15, 0.2) is 46.8 Å². The van der Waals surface area contributed by atoms with Crippen molar-refractivity contribution in [1.29, 1.82) is 0 Å². The van der Waals surface area contributed by atoms with Crippen LogP contribution in [0.4, 0.5) is 5.00 Å². The molecule has 2 aromatic rings. The monoisotopic (exact) mass is 555 g/mol. The Balaban J connectivity index is 0.00000272. The number of guanidine groups is 1. The Morgan fingerprint density at radius 1 is 1.03 bits per heavy atom. The summed E-state index contributed by atoms with van der Waals surface area (Å²) in [4.78, 5) is 12.3. The number of anilines is 1. The first-order valence-corrected chi connectivity index (χ1v) is 11.9. The summed E-state index contributed by atoms with van der Waals surface area (Å²) < 4.78 is 5.46. The SMILES string of the molecule is CCNC(=NCc1cccc(CN2CCOCC2)c1)N1CCN(c2cccs2)CC1.I. The Morgan fingerprint density at radius 2 is 1.81 bits per heavy atom. The van der Waals surface area contributed by atoms with Gasteiger partial charge < -0.3 is 19.9 Å². The number of thiophene rings is 1. The minimum Gasteiger partial charge on any atom is -0.379 e. The molecular weight excluding hydrogens is 521 g/mol. The van der Waals surface area contributed by atoms with E-state index in [2.05, 4.69) is 68.7 Å². The van der Waals surface area contributed by atoms with Gasteiger partial charge in [0.2, 0.25) is 0 Å². The Hall–Kier alpha value is -1.36. The summed E-state index contributed by atoms with van der Waals surface area (Å²) in [5.74, 6) is 1.03. The second kappa shape index (κ2) is 12.6. The van der Waals surface area contributed by atoms with Crippen molar-refractivity contribution in [1.82, 2.24) is 15.1 Å². The van der Waals surface area contributed by atoms with Crippen LogP contribution in [0.5, 0.6) is 0 Å². The smallest absolute Gasteiger partial charge is 0.194 e. The van der Waals surface area contributed by atoms with Gasteiger partial charge in [0.05, 0.1) is 24.8 Å². The zero-order valence-electron chi connectivity index (χ0n) is 18.3. The van der Waals surface area contributed by atoms with Crippen LogP contribution >= 0.6 is 35.3 Å². The Kier molecular flexibility index (Phi) is 9.89. The minimum absolute atomic E-state index is 0. The normalized spacial score (nSPS) is 18.0. The molecule has 4 rings (SSSR count). The maximum atomic E-state index is 5.46. The highest BCUT2D eigenvalue weighted by atomic mass is 127. The minimum atomic E-state index is 0. The maximum Gasteiger partial charge on any atom is 0.194 e. The van der Waals surface area contributed by atoms with Gasteiger partial charge in [0.15, 0.2) is 5.96 Å². The van der Waals surface area contributed by atoms with Gasteiger partial charge in [0.25, 0.3) is 0 Å². The van der Waals surface area contributed by atoms with Crippen LogP contribution in [0.25, 0.3) is 0 Å². The van der Waals surface area contributed by atoms with E-state index in [0.29, 0.717) is 6.54 Å². The van der Waals surface area contributed by atoms with E-state index in [0.717, 1.165) is 71.5 Å². The molecule has 170 valence electrons. The molecule has 0 radical (unpaired) electrons. The lowest BCUT2D eigenvalue weighted by molar-refractivity contribution is 0.0342. The predicted octanol–water partition coefficient (Wildman–Crippen LogP) is 3.49. The van der Waals surface area contributed by atoms with E-state index in [1.807, 2.05) is 11.3 Å². The lowest BCUT2D eigenvalue weighted by Gasteiger charge is -2.37. The molecule has 0 bridgehead atoms. The van der Waals surface area contributed by atoms with E-state index >= 15 is 0 Å². The van der Waals surface area contributed by atoms with Crippen molar-refractivity contribution in [2.24, 2.45) is 4.99 Å². The van der Waals surface area contributed by atoms with Gasteiger partial charge in [-0.3, -0.25) is 4.90 Å². The predicted molar refractivity (Wildman–Crippen MR) is 141 cm³/mol. The van der Waals surface area contributed by atoms with Gasteiger partial charge >= 0.3 is 0 Å². The molecule has 0 amide bonds. The quantitative estimate of drug-likeness (QED) is 0.336. The summed E-state index contributed by atoms with van der Waals surface area (Å²) in [5, 5.41) is 7.01. The van der Waals surface area contributed by atoms with E-state index in [1.54, 1.807) is 0 Å². The van der Waals surface area contributed by atoms with Crippen LogP contribution in [-0.4, -0.2) is 74.8 Å². The molecule has 0 unspecified atom stereocenters. The molecule has 2 fully saturated rings. The number of ether oxygens (including phenoxy) is 1. The van der Waals surface area contributed by atoms with Crippen LogP contribution < -0.4 is 10.2 Å². The number of nitrogens with zero attached hydrogens (tertiary/aromatic N) is 4. The topological polar surface area (TPSA) is 43.3 Å². The fraction of sp³-hybridized carbons (Fsp3) is 0.522. The summed E-state index contributed by atoms with van der Waals surface area (Å²) in [5.41, 5.74) is 2.63. The maximum absolute atomic E-state index is 5.46. The van der Waals surface area contributed by atoms with Crippen molar-refractivity contribution in [3.63, 3.8) is 0 Å². The second-order valence-electron chi connectivity index (χ2n) is 7.80. The van der Waals surface area contributed by atoms with Crippen LogP contribution in [0.1, 0.15) is 18.1 Å². The molecule has 1 aromatic carbocycles. The van der Waals surface area contributed by atoms with Crippen LogP contribution in [0.2, 0.25) is 0 Å². The second-order valence-corrected chi connectivity index (χ2v) is 8.73. The Morgan fingerprint density at radius 3 is 2.52 bits per heavy atom. The summed E-state index contributed by atoms with van der Waals surface area (Å²) in [7, 11) is 0. The zero-order chi connectivity index (χ0) is 20.6. The fourth-order valence-corrected chi connectivity index (χ4v) is 4.81. The number of rotatable bonds is 6. The molecule has 2 saturated heterocycles. The molecule has 2 aliphatic heterocycles. The number of morpholine rings is 1. The van der Waals surface area contributed by atoms with Gasteiger partial charge in [-0.05, 0) is 35.6 Å². The summed E-state index contributed by atoms with van der Waals surface area (Å²) in [6.45, 7) is 12.5. The first-order valence-electron chi connectivity index (χ1n) is 11.0. The molecule has 8 heteroatoms. The van der Waals surface area contributed by atoms with Gasteiger partial charge in [0.1, 0.15) is 0 Å². The molecule has 0 aliphatic carbocycles. The molecule has 0 saturated carbocycles. The van der Waals surface area contributed by atoms with Gasteiger partial charge in [0, 0.05) is 52.4 Å². The van der Waals surface area contributed by atoms with Crippen LogP contribution in [0, 0.1) is 0 Å². The standard InChI is InChI=1S/C23H33N5OS.HI/c1-2-24-23(28-10-8-27(9-11-28)22-7-4-16-30-22)25-18-20-5-3-6-21(17-20)19-26-12-14-29-15-13-26;/h3-7,16-17H,2,8-15,18-19H2,1H3,(H,24,25);1H. The highest BCUT2D eigenvalue weighted by Crippen LogP contribution is 2.22. The summed E-state index contributed by atoms with van der Waals surface area (Å²) in [6.07, 6.45) is 0. The number of benzene rings is 1. The summed E-state index contributed by atoms with van der Waals surface area (Å²) in [6, 6.07) is 13.2. The number of piperazine rings is 1. The first-order chi connectivity index (χ1) is 14.8. The third kappa shape index (κ3) is 7.06. The van der Waals surface area contributed by atoms with Gasteiger partial charge in [-0.15, -0.1) is 35.3 Å².